The highest BCUT2D eigenvalue weighted by Crippen LogP contribution is 2.39. The Hall–Kier alpha value is -0.780. The molecular formula is C11H10ClFN2OS. The molecule has 3 rings (SSSR count). The van der Waals surface area contributed by atoms with E-state index in [9.17, 15) is 9.50 Å². The molecule has 90 valence electrons. The molecule has 2 aliphatic heterocycles. The fourth-order valence-electron chi connectivity index (χ4n) is 1.98. The Labute approximate surface area is 107 Å². The molecule has 17 heavy (non-hydrogen) atoms. The van der Waals surface area contributed by atoms with Crippen LogP contribution in [-0.4, -0.2) is 32.5 Å². The summed E-state index contributed by atoms with van der Waals surface area (Å²) in [6.07, 6.45) is 0. The molecule has 0 spiro atoms. The topological polar surface area (TPSA) is 35.8 Å². The van der Waals surface area contributed by atoms with Crippen molar-refractivity contribution in [1.29, 1.82) is 0 Å². The van der Waals surface area contributed by atoms with Crippen molar-refractivity contribution >= 4 is 34.2 Å². The van der Waals surface area contributed by atoms with E-state index < -0.39 is 5.72 Å². The number of thioether (sulfide) groups is 1. The van der Waals surface area contributed by atoms with Crippen molar-refractivity contribution in [3.05, 3.63) is 29.6 Å². The van der Waals surface area contributed by atoms with Crippen LogP contribution in [0.4, 0.5) is 10.1 Å². The molecule has 6 heteroatoms. The van der Waals surface area contributed by atoms with Gasteiger partial charge in [0.05, 0.1) is 17.3 Å². The minimum Gasteiger partial charge on any atom is -0.369 e. The van der Waals surface area contributed by atoms with E-state index in [1.165, 1.54) is 23.9 Å². The van der Waals surface area contributed by atoms with Crippen molar-refractivity contribution in [2.75, 3.05) is 11.6 Å². The van der Waals surface area contributed by atoms with E-state index in [1.54, 1.807) is 11.0 Å². The highest BCUT2D eigenvalue weighted by molar-refractivity contribution is 8.14. The first-order valence-electron chi connectivity index (χ1n) is 5.18. The van der Waals surface area contributed by atoms with Crippen molar-refractivity contribution in [3.63, 3.8) is 0 Å². The van der Waals surface area contributed by atoms with E-state index in [-0.39, 0.29) is 11.7 Å². The summed E-state index contributed by atoms with van der Waals surface area (Å²) in [5.41, 5.74) is 0.501. The minimum absolute atomic E-state index is 0.134. The van der Waals surface area contributed by atoms with E-state index in [0.29, 0.717) is 23.2 Å². The monoisotopic (exact) mass is 272 g/mol. The first kappa shape index (κ1) is 11.3. The van der Waals surface area contributed by atoms with Gasteiger partial charge in [-0.3, -0.25) is 0 Å². The van der Waals surface area contributed by atoms with E-state index >= 15 is 0 Å². The summed E-state index contributed by atoms with van der Waals surface area (Å²) in [6.45, 7) is 0.519. The number of aliphatic hydroxyl groups is 1. The average molecular weight is 273 g/mol. The van der Waals surface area contributed by atoms with Crippen LogP contribution in [0.25, 0.3) is 0 Å². The van der Waals surface area contributed by atoms with Gasteiger partial charge in [0.15, 0.2) is 10.9 Å². The van der Waals surface area contributed by atoms with Crippen LogP contribution in [0.3, 0.4) is 0 Å². The molecule has 1 fully saturated rings. The van der Waals surface area contributed by atoms with Gasteiger partial charge in [-0.15, -0.1) is 11.6 Å². The van der Waals surface area contributed by atoms with Gasteiger partial charge in [-0.25, -0.2) is 9.38 Å². The molecule has 0 saturated carbocycles. The van der Waals surface area contributed by atoms with E-state index in [2.05, 4.69) is 4.99 Å². The van der Waals surface area contributed by atoms with Crippen LogP contribution in [0.2, 0.25) is 0 Å². The lowest BCUT2D eigenvalue weighted by Crippen LogP contribution is -2.49. The zero-order valence-corrected chi connectivity index (χ0v) is 10.4. The van der Waals surface area contributed by atoms with Crippen LogP contribution >= 0.6 is 23.4 Å². The van der Waals surface area contributed by atoms with Crippen LogP contribution in [0.5, 0.6) is 0 Å². The standard InChI is InChI=1S/C11H10ClFN2OS/c12-5-11(16)6-17-10-14-9-3-8(13)2-1-7(9)4-15(10)11/h1-3,16H,4-6H2. The molecule has 3 nitrogen and oxygen atoms in total. The number of benzene rings is 1. The Balaban J connectivity index is 2.03. The lowest BCUT2D eigenvalue weighted by Gasteiger charge is -2.34. The van der Waals surface area contributed by atoms with Gasteiger partial charge in [-0.1, -0.05) is 17.8 Å². The van der Waals surface area contributed by atoms with Gasteiger partial charge in [0, 0.05) is 6.54 Å². The molecule has 1 N–H and O–H groups in total. The maximum absolute atomic E-state index is 13.1. The Morgan fingerprint density at radius 3 is 3.18 bits per heavy atom. The molecule has 1 saturated heterocycles. The molecule has 2 heterocycles. The predicted molar refractivity (Wildman–Crippen MR) is 67.2 cm³/mol. The third kappa shape index (κ3) is 1.73. The van der Waals surface area contributed by atoms with Gasteiger partial charge in [-0.2, -0.15) is 0 Å². The van der Waals surface area contributed by atoms with Crippen LogP contribution in [-0.2, 0) is 6.54 Å². The second kappa shape index (κ2) is 3.86. The summed E-state index contributed by atoms with van der Waals surface area (Å²) in [6, 6.07) is 4.52. The van der Waals surface area contributed by atoms with Crippen LogP contribution in [0, 0.1) is 5.82 Å². The molecule has 1 aromatic carbocycles. The van der Waals surface area contributed by atoms with Crippen molar-refractivity contribution < 1.29 is 9.50 Å². The molecule has 0 aliphatic carbocycles. The van der Waals surface area contributed by atoms with Gasteiger partial charge in [-0.05, 0) is 17.7 Å². The third-order valence-electron chi connectivity index (χ3n) is 2.97. The first-order chi connectivity index (χ1) is 8.12. The summed E-state index contributed by atoms with van der Waals surface area (Å²) in [5, 5.41) is 11.0. The van der Waals surface area contributed by atoms with Gasteiger partial charge < -0.3 is 10.0 Å². The first-order valence-corrected chi connectivity index (χ1v) is 6.70. The number of rotatable bonds is 1. The van der Waals surface area contributed by atoms with Gasteiger partial charge in [0.1, 0.15) is 5.82 Å². The number of amidine groups is 1. The predicted octanol–water partition coefficient (Wildman–Crippen LogP) is 2.30. The maximum Gasteiger partial charge on any atom is 0.167 e. The number of nitrogens with zero attached hydrogens (tertiary/aromatic N) is 2. The highest BCUT2D eigenvalue weighted by Gasteiger charge is 2.44. The van der Waals surface area contributed by atoms with Gasteiger partial charge in [0.2, 0.25) is 0 Å². The zero-order valence-electron chi connectivity index (χ0n) is 8.86. The van der Waals surface area contributed by atoms with Crippen molar-refractivity contribution in [2.24, 2.45) is 4.99 Å². The Morgan fingerprint density at radius 2 is 2.41 bits per heavy atom. The highest BCUT2D eigenvalue weighted by atomic mass is 35.5. The Morgan fingerprint density at radius 1 is 1.59 bits per heavy atom. The lowest BCUT2D eigenvalue weighted by atomic mass is 10.1. The van der Waals surface area contributed by atoms with Crippen LogP contribution < -0.4 is 0 Å². The molecule has 0 amide bonds. The van der Waals surface area contributed by atoms with E-state index in [0.717, 1.165) is 5.56 Å². The smallest absolute Gasteiger partial charge is 0.167 e. The fraction of sp³-hybridized carbons (Fsp3) is 0.364. The minimum atomic E-state index is -1.04. The van der Waals surface area contributed by atoms with Crippen molar-refractivity contribution in [3.8, 4) is 0 Å². The quantitative estimate of drug-likeness (QED) is 0.797. The van der Waals surface area contributed by atoms with Gasteiger partial charge >= 0.3 is 0 Å². The second-order valence-corrected chi connectivity index (χ2v) is 5.37. The van der Waals surface area contributed by atoms with Crippen molar-refractivity contribution in [1.82, 2.24) is 4.90 Å². The zero-order chi connectivity index (χ0) is 12.0. The summed E-state index contributed by atoms with van der Waals surface area (Å²) < 4.78 is 13.1. The van der Waals surface area contributed by atoms with Gasteiger partial charge in [0.25, 0.3) is 0 Å². The molecule has 0 aromatic heterocycles. The molecule has 2 aliphatic rings. The normalized spacial score (nSPS) is 26.5. The molecular weight excluding hydrogens is 263 g/mol. The van der Waals surface area contributed by atoms with E-state index in [4.69, 9.17) is 11.6 Å². The summed E-state index contributed by atoms with van der Waals surface area (Å²) in [5.74, 6) is 0.332. The summed E-state index contributed by atoms with van der Waals surface area (Å²) >= 11 is 7.25. The Bertz CT molecular complexity index is 510. The number of hydrogen-bond acceptors (Lipinski definition) is 4. The molecule has 1 aromatic rings. The third-order valence-corrected chi connectivity index (χ3v) is 4.58. The largest absolute Gasteiger partial charge is 0.369 e. The second-order valence-electron chi connectivity index (χ2n) is 4.16. The number of hydrogen-bond donors (Lipinski definition) is 1. The molecule has 0 bridgehead atoms. The van der Waals surface area contributed by atoms with Crippen molar-refractivity contribution in [2.45, 2.75) is 12.3 Å². The molecule has 1 unspecified atom stereocenters. The Kier molecular flexibility index (Phi) is 2.57. The molecule has 1 atom stereocenters. The van der Waals surface area contributed by atoms with Crippen LogP contribution in [0.1, 0.15) is 5.56 Å². The number of alkyl halides is 1. The SMILES string of the molecule is OC1(CCl)CSC2=Nc3cc(F)ccc3CN21. The number of aliphatic imine (C=N–C) groups is 1. The molecule has 0 radical (unpaired) electrons. The summed E-state index contributed by atoms with van der Waals surface area (Å²) in [4.78, 5) is 6.14. The van der Waals surface area contributed by atoms with E-state index in [1.807, 2.05) is 0 Å². The lowest BCUT2D eigenvalue weighted by molar-refractivity contribution is -0.0256. The maximum atomic E-state index is 13.1. The fourth-order valence-corrected chi connectivity index (χ4v) is 3.50. The number of halogens is 2. The summed E-state index contributed by atoms with van der Waals surface area (Å²) in [7, 11) is 0. The average Bonchev–Trinajstić information content (AvgIpc) is 2.65. The van der Waals surface area contributed by atoms with Crippen LogP contribution in [0.15, 0.2) is 23.2 Å². The number of fused-ring (bicyclic) bond motifs is 2.